The summed E-state index contributed by atoms with van der Waals surface area (Å²) in [6.45, 7) is 9.47. The smallest absolute Gasteiger partial charge is 0.159 e. The number of ether oxygens (including phenoxy) is 2. The van der Waals surface area contributed by atoms with Crippen LogP contribution < -0.4 is 4.74 Å². The van der Waals surface area contributed by atoms with Gasteiger partial charge in [0.2, 0.25) is 0 Å². The first-order chi connectivity index (χ1) is 10.0. The molecular formula is C17H26ClNO3. The first kappa shape index (κ1) is 18.9. The van der Waals surface area contributed by atoms with Crippen molar-refractivity contribution in [2.24, 2.45) is 0 Å². The van der Waals surface area contributed by atoms with Gasteiger partial charge in [0.05, 0.1) is 18.8 Å². The van der Waals surface area contributed by atoms with Crippen molar-refractivity contribution in [3.05, 3.63) is 29.8 Å². The van der Waals surface area contributed by atoms with Gasteiger partial charge in [0, 0.05) is 25.2 Å². The summed E-state index contributed by atoms with van der Waals surface area (Å²) in [5, 5.41) is 0. The highest BCUT2D eigenvalue weighted by molar-refractivity contribution is 5.94. The Bertz CT molecular complexity index is 471. The largest absolute Gasteiger partial charge is 0.494 e. The molecule has 0 spiro atoms. The van der Waals surface area contributed by atoms with Gasteiger partial charge in [-0.1, -0.05) is 12.1 Å². The van der Waals surface area contributed by atoms with Crippen molar-refractivity contribution in [3.63, 3.8) is 0 Å². The van der Waals surface area contributed by atoms with Crippen LogP contribution in [-0.2, 0) is 4.74 Å². The molecule has 0 amide bonds. The molecule has 0 aromatic heterocycles. The van der Waals surface area contributed by atoms with Crippen molar-refractivity contribution in [1.29, 1.82) is 0 Å². The molecule has 22 heavy (non-hydrogen) atoms. The number of rotatable bonds is 6. The summed E-state index contributed by atoms with van der Waals surface area (Å²) in [5.41, 5.74) is 0.698. The predicted octanol–water partition coefficient (Wildman–Crippen LogP) is 3.19. The van der Waals surface area contributed by atoms with Gasteiger partial charge in [-0.2, -0.15) is 0 Å². The Morgan fingerprint density at radius 3 is 2.64 bits per heavy atom. The van der Waals surface area contributed by atoms with Crippen molar-refractivity contribution >= 4 is 18.2 Å². The molecule has 1 aromatic carbocycles. The van der Waals surface area contributed by atoms with Crippen LogP contribution in [0.15, 0.2) is 24.3 Å². The number of benzene rings is 1. The average Bonchev–Trinajstić information content (AvgIpc) is 2.43. The van der Waals surface area contributed by atoms with E-state index < -0.39 is 0 Å². The fraction of sp³-hybridized carbons (Fsp3) is 0.588. The highest BCUT2D eigenvalue weighted by Gasteiger charge is 2.21. The number of nitrogens with zero attached hydrogens (tertiary/aromatic N) is 1. The fourth-order valence-corrected chi connectivity index (χ4v) is 2.75. The standard InChI is InChI=1S/C17H25NO3.ClH/c1-13-11-18(12-14(2)21-13)8-5-9-20-17-7-4-6-16(10-17)15(3)19;/h4,6-7,10,13-14H,5,8-9,11-12H2,1-3H3;1H. The Kier molecular flexibility index (Phi) is 7.87. The number of carbonyl (C=O) groups excluding carboxylic acids is 1. The van der Waals surface area contributed by atoms with Crippen LogP contribution >= 0.6 is 12.4 Å². The Hall–Kier alpha value is -1.10. The number of ketones is 1. The molecule has 1 heterocycles. The molecule has 1 fully saturated rings. The van der Waals surface area contributed by atoms with Crippen LogP contribution in [0, 0.1) is 0 Å². The highest BCUT2D eigenvalue weighted by Crippen LogP contribution is 2.15. The Morgan fingerprint density at radius 1 is 1.32 bits per heavy atom. The van der Waals surface area contributed by atoms with Gasteiger partial charge in [0.1, 0.15) is 5.75 Å². The van der Waals surface area contributed by atoms with E-state index in [4.69, 9.17) is 9.47 Å². The van der Waals surface area contributed by atoms with Crippen LogP contribution in [0.1, 0.15) is 37.6 Å². The van der Waals surface area contributed by atoms with Gasteiger partial charge < -0.3 is 9.47 Å². The van der Waals surface area contributed by atoms with E-state index in [2.05, 4.69) is 18.7 Å². The number of morpholine rings is 1. The first-order valence-corrected chi connectivity index (χ1v) is 7.66. The Balaban J connectivity index is 0.00000242. The highest BCUT2D eigenvalue weighted by atomic mass is 35.5. The van der Waals surface area contributed by atoms with Gasteiger partial charge >= 0.3 is 0 Å². The maximum Gasteiger partial charge on any atom is 0.159 e. The monoisotopic (exact) mass is 327 g/mol. The van der Waals surface area contributed by atoms with Crippen molar-refractivity contribution in [1.82, 2.24) is 4.90 Å². The Morgan fingerprint density at radius 2 is 2.00 bits per heavy atom. The molecule has 124 valence electrons. The number of hydrogen-bond donors (Lipinski definition) is 0. The van der Waals surface area contributed by atoms with Crippen LogP contribution in [0.4, 0.5) is 0 Å². The fourth-order valence-electron chi connectivity index (χ4n) is 2.75. The molecule has 1 aliphatic heterocycles. The third-order valence-corrected chi connectivity index (χ3v) is 3.62. The quantitative estimate of drug-likeness (QED) is 0.594. The second-order valence-corrected chi connectivity index (χ2v) is 5.80. The van der Waals surface area contributed by atoms with Gasteiger partial charge in [-0.25, -0.2) is 0 Å². The third-order valence-electron chi connectivity index (χ3n) is 3.62. The maximum atomic E-state index is 11.3. The van der Waals surface area contributed by atoms with E-state index in [-0.39, 0.29) is 18.2 Å². The van der Waals surface area contributed by atoms with E-state index in [9.17, 15) is 4.79 Å². The second-order valence-electron chi connectivity index (χ2n) is 5.80. The zero-order chi connectivity index (χ0) is 15.2. The minimum atomic E-state index is 0. The number of halogens is 1. The lowest BCUT2D eigenvalue weighted by Gasteiger charge is -2.35. The molecule has 0 aliphatic carbocycles. The zero-order valence-electron chi connectivity index (χ0n) is 13.6. The van der Waals surface area contributed by atoms with E-state index in [1.54, 1.807) is 13.0 Å². The number of Topliss-reactive ketones (excluding diaryl/α,β-unsaturated/α-hetero) is 1. The lowest BCUT2D eigenvalue weighted by atomic mass is 10.1. The van der Waals surface area contributed by atoms with Gasteiger partial charge in [-0.05, 0) is 39.3 Å². The van der Waals surface area contributed by atoms with Gasteiger partial charge in [0.25, 0.3) is 0 Å². The zero-order valence-corrected chi connectivity index (χ0v) is 14.4. The van der Waals surface area contributed by atoms with Gasteiger partial charge in [-0.3, -0.25) is 9.69 Å². The molecule has 1 aliphatic rings. The lowest BCUT2D eigenvalue weighted by molar-refractivity contribution is -0.0686. The molecule has 0 saturated carbocycles. The van der Waals surface area contributed by atoms with Crippen LogP contribution in [0.5, 0.6) is 5.75 Å². The van der Waals surface area contributed by atoms with E-state index in [0.717, 1.165) is 31.8 Å². The van der Waals surface area contributed by atoms with Crippen molar-refractivity contribution < 1.29 is 14.3 Å². The normalized spacial score (nSPS) is 22.0. The molecule has 1 aromatic rings. The molecule has 5 heteroatoms. The van der Waals surface area contributed by atoms with Crippen LogP contribution in [0.25, 0.3) is 0 Å². The molecule has 4 nitrogen and oxygen atoms in total. The average molecular weight is 328 g/mol. The summed E-state index contributed by atoms with van der Waals surface area (Å²) >= 11 is 0. The second kappa shape index (κ2) is 9.13. The Labute approximate surface area is 139 Å². The number of carbonyl (C=O) groups is 1. The molecule has 0 N–H and O–H groups in total. The minimum absolute atomic E-state index is 0. The van der Waals surface area contributed by atoms with Gasteiger partial charge in [0.15, 0.2) is 5.78 Å². The molecule has 2 rings (SSSR count). The molecule has 2 atom stereocenters. The predicted molar refractivity (Wildman–Crippen MR) is 90.3 cm³/mol. The topological polar surface area (TPSA) is 38.8 Å². The summed E-state index contributed by atoms with van der Waals surface area (Å²) in [6.07, 6.45) is 1.59. The van der Waals surface area contributed by atoms with Crippen molar-refractivity contribution in [3.8, 4) is 5.75 Å². The van der Waals surface area contributed by atoms with E-state index in [0.29, 0.717) is 24.4 Å². The summed E-state index contributed by atoms with van der Waals surface area (Å²) in [5.74, 6) is 0.836. The van der Waals surface area contributed by atoms with Gasteiger partial charge in [-0.15, -0.1) is 12.4 Å². The number of hydrogen-bond acceptors (Lipinski definition) is 4. The molecular weight excluding hydrogens is 302 g/mol. The third kappa shape index (κ3) is 5.95. The minimum Gasteiger partial charge on any atom is -0.494 e. The van der Waals surface area contributed by atoms with Crippen LogP contribution in [0.3, 0.4) is 0 Å². The molecule has 2 unspecified atom stereocenters. The lowest BCUT2D eigenvalue weighted by Crippen LogP contribution is -2.45. The molecule has 1 saturated heterocycles. The summed E-state index contributed by atoms with van der Waals surface area (Å²) in [4.78, 5) is 13.7. The van der Waals surface area contributed by atoms with E-state index in [1.165, 1.54) is 0 Å². The first-order valence-electron chi connectivity index (χ1n) is 7.66. The van der Waals surface area contributed by atoms with Crippen molar-refractivity contribution in [2.75, 3.05) is 26.2 Å². The van der Waals surface area contributed by atoms with E-state index in [1.807, 2.05) is 18.2 Å². The maximum absolute atomic E-state index is 11.3. The van der Waals surface area contributed by atoms with E-state index >= 15 is 0 Å². The summed E-state index contributed by atoms with van der Waals surface area (Å²) in [7, 11) is 0. The SMILES string of the molecule is CC(=O)c1cccc(OCCCN2CC(C)OC(C)C2)c1.Cl. The van der Waals surface area contributed by atoms with Crippen molar-refractivity contribution in [2.45, 2.75) is 39.4 Å². The molecule has 0 bridgehead atoms. The molecule has 0 radical (unpaired) electrons. The van der Waals surface area contributed by atoms with Crippen LogP contribution in [-0.4, -0.2) is 49.1 Å². The summed E-state index contributed by atoms with van der Waals surface area (Å²) in [6, 6.07) is 7.37. The van der Waals surface area contributed by atoms with Crippen LogP contribution in [0.2, 0.25) is 0 Å². The summed E-state index contributed by atoms with van der Waals surface area (Å²) < 4.78 is 11.5.